The minimum atomic E-state index is -0.590. The molecule has 0 unspecified atom stereocenters. The van der Waals surface area contributed by atoms with Crippen molar-refractivity contribution < 1.29 is 23.8 Å². The molecule has 1 spiro atoms. The number of fused-ring (bicyclic) bond motifs is 1. The minimum Gasteiger partial charge on any atom is -0.493 e. The Balaban J connectivity index is 1.41. The maximum absolute atomic E-state index is 12.9. The number of carbonyl (C=O) groups excluding carboxylic acids is 2. The fraction of sp³-hybridized carbons (Fsp3) is 0.556. The number of hydrogen-bond acceptors (Lipinski definition) is 5. The predicted molar refractivity (Wildman–Crippen MR) is 84.7 cm³/mol. The van der Waals surface area contributed by atoms with Gasteiger partial charge in [-0.05, 0) is 24.5 Å². The molecular formula is C18H21NO5. The molecule has 3 aliphatic rings. The molecule has 6 heteroatoms. The van der Waals surface area contributed by atoms with E-state index in [1.807, 2.05) is 29.2 Å². The summed E-state index contributed by atoms with van der Waals surface area (Å²) in [5, 5.41) is 0. The van der Waals surface area contributed by atoms with Crippen LogP contribution >= 0.6 is 0 Å². The molecule has 2 fully saturated rings. The summed E-state index contributed by atoms with van der Waals surface area (Å²) in [6.07, 6.45) is 2.14. The van der Waals surface area contributed by atoms with E-state index in [4.69, 9.17) is 14.2 Å². The molecule has 0 aliphatic carbocycles. The van der Waals surface area contributed by atoms with Gasteiger partial charge in [0.2, 0.25) is 5.91 Å². The van der Waals surface area contributed by atoms with E-state index in [2.05, 4.69) is 0 Å². The van der Waals surface area contributed by atoms with Gasteiger partial charge >= 0.3 is 6.16 Å². The van der Waals surface area contributed by atoms with Gasteiger partial charge in [0.15, 0.2) is 5.60 Å². The molecule has 1 amide bonds. The second-order valence-electron chi connectivity index (χ2n) is 6.79. The van der Waals surface area contributed by atoms with E-state index in [9.17, 15) is 9.59 Å². The van der Waals surface area contributed by atoms with Crippen LogP contribution < -0.4 is 4.74 Å². The quantitative estimate of drug-likeness (QED) is 0.738. The van der Waals surface area contributed by atoms with E-state index in [0.717, 1.165) is 24.2 Å². The zero-order valence-corrected chi connectivity index (χ0v) is 13.5. The number of nitrogens with zero attached hydrogens (tertiary/aromatic N) is 1. The molecule has 1 aromatic rings. The fourth-order valence-corrected chi connectivity index (χ4v) is 3.77. The van der Waals surface area contributed by atoms with Gasteiger partial charge in [0.05, 0.1) is 6.61 Å². The summed E-state index contributed by atoms with van der Waals surface area (Å²) in [7, 11) is 0. The largest absolute Gasteiger partial charge is 0.509 e. The Morgan fingerprint density at radius 3 is 2.71 bits per heavy atom. The lowest BCUT2D eigenvalue weighted by atomic mass is 9.90. The highest BCUT2D eigenvalue weighted by atomic mass is 16.8. The highest BCUT2D eigenvalue weighted by molar-refractivity contribution is 5.79. The van der Waals surface area contributed by atoms with Crippen molar-refractivity contribution in [3.63, 3.8) is 0 Å². The molecule has 0 bridgehead atoms. The normalized spacial score (nSPS) is 25.2. The van der Waals surface area contributed by atoms with Crippen molar-refractivity contribution in [2.45, 2.75) is 31.3 Å². The average Bonchev–Trinajstić information content (AvgIpc) is 2.83. The molecular weight excluding hydrogens is 310 g/mol. The Morgan fingerprint density at radius 1 is 1.17 bits per heavy atom. The van der Waals surface area contributed by atoms with Crippen LogP contribution in [0.15, 0.2) is 24.3 Å². The second-order valence-corrected chi connectivity index (χ2v) is 6.79. The number of rotatable bonds is 1. The molecule has 0 N–H and O–H groups in total. The molecule has 1 atom stereocenters. The third-order valence-corrected chi connectivity index (χ3v) is 5.25. The van der Waals surface area contributed by atoms with Crippen LogP contribution in [0.4, 0.5) is 4.79 Å². The van der Waals surface area contributed by atoms with Gasteiger partial charge in [0.1, 0.15) is 12.4 Å². The van der Waals surface area contributed by atoms with Crippen LogP contribution in [0.1, 0.15) is 24.8 Å². The number of likely N-dealkylation sites (tertiary alicyclic amines) is 1. The maximum atomic E-state index is 12.9. The highest BCUT2D eigenvalue weighted by Crippen LogP contribution is 2.33. The molecule has 4 rings (SSSR count). The Morgan fingerprint density at radius 2 is 1.96 bits per heavy atom. The molecule has 6 nitrogen and oxygen atoms in total. The molecule has 3 heterocycles. The number of piperidine rings is 1. The molecule has 1 aromatic carbocycles. The summed E-state index contributed by atoms with van der Waals surface area (Å²) in [4.78, 5) is 26.0. The van der Waals surface area contributed by atoms with Gasteiger partial charge < -0.3 is 19.1 Å². The summed E-state index contributed by atoms with van der Waals surface area (Å²) in [5.74, 6) is 1.01. The summed E-state index contributed by atoms with van der Waals surface area (Å²) in [6.45, 7) is 2.08. The zero-order chi connectivity index (χ0) is 16.6. The average molecular weight is 331 g/mol. The van der Waals surface area contributed by atoms with Gasteiger partial charge in [-0.2, -0.15) is 0 Å². The number of benzene rings is 1. The minimum absolute atomic E-state index is 0.0509. The number of para-hydroxylation sites is 1. The van der Waals surface area contributed by atoms with Crippen molar-refractivity contribution in [3.05, 3.63) is 29.8 Å². The Hall–Kier alpha value is -2.24. The summed E-state index contributed by atoms with van der Waals surface area (Å²) < 4.78 is 16.0. The number of hydrogen-bond donors (Lipinski definition) is 0. The smallest absolute Gasteiger partial charge is 0.493 e. The molecule has 0 radical (unpaired) electrons. The van der Waals surface area contributed by atoms with Crippen LogP contribution in [-0.4, -0.2) is 48.9 Å². The number of ether oxygens (including phenoxy) is 3. The monoisotopic (exact) mass is 331 g/mol. The molecule has 0 saturated carbocycles. The summed E-state index contributed by atoms with van der Waals surface area (Å²) in [5.41, 5.74) is 0.576. The topological polar surface area (TPSA) is 65.1 Å². The first-order chi connectivity index (χ1) is 11.7. The van der Waals surface area contributed by atoms with Crippen LogP contribution in [0.3, 0.4) is 0 Å². The lowest BCUT2D eigenvalue weighted by Gasteiger charge is -2.37. The van der Waals surface area contributed by atoms with Crippen molar-refractivity contribution in [2.24, 2.45) is 5.92 Å². The fourth-order valence-electron chi connectivity index (χ4n) is 3.77. The van der Waals surface area contributed by atoms with Crippen molar-refractivity contribution in [1.29, 1.82) is 0 Å². The van der Waals surface area contributed by atoms with E-state index < -0.39 is 11.8 Å². The van der Waals surface area contributed by atoms with E-state index in [0.29, 0.717) is 39.1 Å². The van der Waals surface area contributed by atoms with Gasteiger partial charge in [-0.15, -0.1) is 0 Å². The SMILES string of the molecule is O=C1OCC2(CCN(C(=O)[C@@H]3CCOc4ccccc4C3)CC2)O1. The molecule has 24 heavy (non-hydrogen) atoms. The first kappa shape index (κ1) is 15.3. The van der Waals surface area contributed by atoms with Crippen LogP contribution in [0.25, 0.3) is 0 Å². The van der Waals surface area contributed by atoms with E-state index in [-0.39, 0.29) is 11.8 Å². The maximum Gasteiger partial charge on any atom is 0.509 e. The third kappa shape index (κ3) is 2.81. The van der Waals surface area contributed by atoms with Gasteiger partial charge in [-0.1, -0.05) is 18.2 Å². The molecule has 2 saturated heterocycles. The van der Waals surface area contributed by atoms with Gasteiger partial charge in [0.25, 0.3) is 0 Å². The lowest BCUT2D eigenvalue weighted by molar-refractivity contribution is -0.139. The van der Waals surface area contributed by atoms with Crippen molar-refractivity contribution in [2.75, 3.05) is 26.3 Å². The summed E-state index contributed by atoms with van der Waals surface area (Å²) >= 11 is 0. The van der Waals surface area contributed by atoms with Crippen LogP contribution in [-0.2, 0) is 20.7 Å². The standard InChI is InChI=1S/C18H21NO5/c20-16(14-5-10-22-15-4-2-1-3-13(15)11-14)19-8-6-18(7-9-19)12-23-17(21)24-18/h1-4,14H,5-12H2/t14-/m1/s1. The van der Waals surface area contributed by atoms with E-state index in [1.165, 1.54) is 0 Å². The lowest BCUT2D eigenvalue weighted by Crippen LogP contribution is -2.49. The second kappa shape index (κ2) is 6.00. The molecule has 0 aromatic heterocycles. The highest BCUT2D eigenvalue weighted by Gasteiger charge is 2.46. The molecule has 3 aliphatic heterocycles. The van der Waals surface area contributed by atoms with Crippen LogP contribution in [0.5, 0.6) is 5.75 Å². The number of amides is 1. The number of carbonyl (C=O) groups is 2. The van der Waals surface area contributed by atoms with Gasteiger partial charge in [0, 0.05) is 31.8 Å². The summed E-state index contributed by atoms with van der Waals surface area (Å²) in [6, 6.07) is 7.92. The molecule has 128 valence electrons. The third-order valence-electron chi connectivity index (χ3n) is 5.25. The zero-order valence-electron chi connectivity index (χ0n) is 13.5. The van der Waals surface area contributed by atoms with Crippen LogP contribution in [0.2, 0.25) is 0 Å². The van der Waals surface area contributed by atoms with Crippen molar-refractivity contribution >= 4 is 12.1 Å². The van der Waals surface area contributed by atoms with Crippen LogP contribution in [0, 0.1) is 5.92 Å². The Bertz CT molecular complexity index is 651. The van der Waals surface area contributed by atoms with Gasteiger partial charge in [-0.3, -0.25) is 4.79 Å². The predicted octanol–water partition coefficient (Wildman–Crippen LogP) is 2.16. The van der Waals surface area contributed by atoms with E-state index in [1.54, 1.807) is 0 Å². The Labute approximate surface area is 140 Å². The first-order valence-corrected chi connectivity index (χ1v) is 8.50. The van der Waals surface area contributed by atoms with Gasteiger partial charge in [-0.25, -0.2) is 4.79 Å². The van der Waals surface area contributed by atoms with Crippen molar-refractivity contribution in [1.82, 2.24) is 4.90 Å². The number of cyclic esters (lactones) is 1. The first-order valence-electron chi connectivity index (χ1n) is 8.50. The van der Waals surface area contributed by atoms with Crippen molar-refractivity contribution in [3.8, 4) is 5.75 Å². The Kier molecular flexibility index (Phi) is 3.82. The van der Waals surface area contributed by atoms with E-state index >= 15 is 0 Å².